The van der Waals surface area contributed by atoms with Gasteiger partial charge in [0.15, 0.2) is 12.4 Å². The maximum Gasteiger partial charge on any atom is 0.309 e. The number of amides is 1. The third-order valence-electron chi connectivity index (χ3n) is 5.44. The van der Waals surface area contributed by atoms with E-state index in [0.717, 1.165) is 0 Å². The molecule has 0 spiro atoms. The van der Waals surface area contributed by atoms with Gasteiger partial charge in [-0.15, -0.1) is 4.40 Å². The van der Waals surface area contributed by atoms with Gasteiger partial charge in [-0.05, 0) is 25.0 Å². The summed E-state index contributed by atoms with van der Waals surface area (Å²) in [4.78, 5) is 28.2. The lowest BCUT2D eigenvalue weighted by molar-refractivity contribution is -0.157. The molecule has 0 bridgehead atoms. The maximum atomic E-state index is 12.4. The van der Waals surface area contributed by atoms with Crippen molar-refractivity contribution in [3.63, 3.8) is 0 Å². The van der Waals surface area contributed by atoms with Gasteiger partial charge in [0.25, 0.3) is 15.9 Å². The fourth-order valence-corrected chi connectivity index (χ4v) is 5.03. The van der Waals surface area contributed by atoms with Crippen LogP contribution in [-0.4, -0.2) is 81.9 Å². The predicted octanol–water partition coefficient (Wildman–Crippen LogP) is 0.250. The number of carbonyl (C=O) groups excluding carboxylic acids is 2. The van der Waals surface area contributed by atoms with Crippen LogP contribution >= 0.6 is 0 Å². The van der Waals surface area contributed by atoms with E-state index in [9.17, 15) is 18.0 Å². The molecule has 1 aromatic carbocycles. The normalized spacial score (nSPS) is 21.4. The van der Waals surface area contributed by atoms with Gasteiger partial charge in [-0.2, -0.15) is 8.42 Å². The molecule has 0 aliphatic carbocycles. The number of carbonyl (C=O) groups is 2. The Balaban J connectivity index is 1.31. The molecule has 0 radical (unpaired) electrons. The van der Waals surface area contributed by atoms with Crippen LogP contribution in [0.5, 0.6) is 0 Å². The second-order valence-corrected chi connectivity index (χ2v) is 8.82. The molecule has 2 saturated heterocycles. The zero-order valence-electron chi connectivity index (χ0n) is 16.0. The Morgan fingerprint density at radius 1 is 1.10 bits per heavy atom. The van der Waals surface area contributed by atoms with Crippen molar-refractivity contribution < 1.29 is 27.5 Å². The van der Waals surface area contributed by atoms with Crippen molar-refractivity contribution in [2.24, 2.45) is 10.3 Å². The summed E-state index contributed by atoms with van der Waals surface area (Å²) >= 11 is 0. The molecule has 10 heteroatoms. The Morgan fingerprint density at radius 3 is 2.52 bits per heavy atom. The van der Waals surface area contributed by atoms with Crippen LogP contribution in [-0.2, 0) is 29.1 Å². The molecule has 0 unspecified atom stereocenters. The summed E-state index contributed by atoms with van der Waals surface area (Å²) in [5.74, 6) is -0.457. The SMILES string of the molecule is O=C(OCC(=O)N1CCOCC1)C1CCN(C2=NS(=O)(=O)c3ccccc32)CC1. The molecule has 9 nitrogen and oxygen atoms in total. The first-order valence-electron chi connectivity index (χ1n) is 9.67. The maximum absolute atomic E-state index is 12.4. The Labute approximate surface area is 169 Å². The van der Waals surface area contributed by atoms with Crippen molar-refractivity contribution in [1.82, 2.24) is 9.80 Å². The summed E-state index contributed by atoms with van der Waals surface area (Å²) < 4.78 is 38.8. The molecular formula is C19H23N3O6S. The molecule has 1 aromatic rings. The molecular weight excluding hydrogens is 398 g/mol. The van der Waals surface area contributed by atoms with Gasteiger partial charge in [0.2, 0.25) is 0 Å². The number of fused-ring (bicyclic) bond motifs is 1. The average molecular weight is 421 g/mol. The predicted molar refractivity (Wildman–Crippen MR) is 103 cm³/mol. The number of hydrogen-bond acceptors (Lipinski definition) is 7. The molecule has 0 atom stereocenters. The van der Waals surface area contributed by atoms with Crippen molar-refractivity contribution in [2.75, 3.05) is 46.0 Å². The smallest absolute Gasteiger partial charge is 0.309 e. The van der Waals surface area contributed by atoms with Crippen molar-refractivity contribution in [3.05, 3.63) is 29.8 Å². The largest absolute Gasteiger partial charge is 0.455 e. The highest BCUT2D eigenvalue weighted by atomic mass is 32.2. The number of sulfonamides is 1. The summed E-state index contributed by atoms with van der Waals surface area (Å²) in [7, 11) is -3.66. The van der Waals surface area contributed by atoms with E-state index in [1.807, 2.05) is 4.90 Å². The van der Waals surface area contributed by atoms with E-state index in [4.69, 9.17) is 9.47 Å². The first-order valence-corrected chi connectivity index (χ1v) is 11.1. The number of likely N-dealkylation sites (tertiary alicyclic amines) is 1. The Hall–Kier alpha value is -2.46. The summed E-state index contributed by atoms with van der Waals surface area (Å²) in [5.41, 5.74) is 0.602. The molecule has 0 aromatic heterocycles. The Bertz CT molecular complexity index is 931. The van der Waals surface area contributed by atoms with Crippen molar-refractivity contribution in [1.29, 1.82) is 0 Å². The van der Waals surface area contributed by atoms with E-state index in [1.54, 1.807) is 29.2 Å². The van der Waals surface area contributed by atoms with Crippen LogP contribution in [0, 0.1) is 5.92 Å². The number of nitrogens with zero attached hydrogens (tertiary/aromatic N) is 3. The van der Waals surface area contributed by atoms with Crippen molar-refractivity contribution in [3.8, 4) is 0 Å². The van der Waals surface area contributed by atoms with Crippen LogP contribution in [0.2, 0.25) is 0 Å². The fraction of sp³-hybridized carbons (Fsp3) is 0.526. The molecule has 156 valence electrons. The van der Waals surface area contributed by atoms with Crippen LogP contribution < -0.4 is 0 Å². The van der Waals surface area contributed by atoms with Gasteiger partial charge in [-0.25, -0.2) is 0 Å². The van der Waals surface area contributed by atoms with Crippen LogP contribution in [0.4, 0.5) is 0 Å². The Kier molecular flexibility index (Phi) is 5.55. The standard InChI is InChI=1S/C19H23N3O6S/c23-17(21-9-11-27-12-10-21)13-28-19(24)14-5-7-22(8-6-14)18-15-3-1-2-4-16(15)29(25,26)20-18/h1-4,14H,5-13H2. The molecule has 1 amide bonds. The number of benzene rings is 1. The molecule has 2 fully saturated rings. The highest BCUT2D eigenvalue weighted by Gasteiger charge is 2.35. The number of amidine groups is 1. The van der Waals surface area contributed by atoms with Crippen LogP contribution in [0.3, 0.4) is 0 Å². The first-order chi connectivity index (χ1) is 14.0. The quantitative estimate of drug-likeness (QED) is 0.644. The molecule has 4 rings (SSSR count). The molecule has 0 N–H and O–H groups in total. The summed E-state index contributed by atoms with van der Waals surface area (Å²) in [6, 6.07) is 6.76. The summed E-state index contributed by atoms with van der Waals surface area (Å²) in [6.45, 7) is 2.78. The third-order valence-corrected chi connectivity index (χ3v) is 6.77. The highest BCUT2D eigenvalue weighted by Crippen LogP contribution is 2.29. The summed E-state index contributed by atoms with van der Waals surface area (Å²) in [6.07, 6.45) is 1.04. The highest BCUT2D eigenvalue weighted by molar-refractivity contribution is 7.90. The van der Waals surface area contributed by atoms with E-state index in [2.05, 4.69) is 4.40 Å². The zero-order valence-corrected chi connectivity index (χ0v) is 16.8. The molecule has 3 aliphatic heterocycles. The average Bonchev–Trinajstić information content (AvgIpc) is 3.04. The van der Waals surface area contributed by atoms with Gasteiger partial charge in [0.05, 0.1) is 19.1 Å². The van der Waals surface area contributed by atoms with Gasteiger partial charge < -0.3 is 19.3 Å². The van der Waals surface area contributed by atoms with Crippen LogP contribution in [0.15, 0.2) is 33.6 Å². The molecule has 3 aliphatic rings. The summed E-state index contributed by atoms with van der Waals surface area (Å²) in [5, 5.41) is 0. The minimum absolute atomic E-state index is 0.207. The van der Waals surface area contributed by atoms with E-state index >= 15 is 0 Å². The van der Waals surface area contributed by atoms with E-state index in [1.165, 1.54) is 0 Å². The monoisotopic (exact) mass is 421 g/mol. The van der Waals surface area contributed by atoms with Crippen LogP contribution in [0.1, 0.15) is 18.4 Å². The number of piperidine rings is 1. The zero-order chi connectivity index (χ0) is 20.4. The van der Waals surface area contributed by atoms with Gasteiger partial charge >= 0.3 is 5.97 Å². The number of hydrogen-bond donors (Lipinski definition) is 0. The number of esters is 1. The minimum Gasteiger partial charge on any atom is -0.455 e. The van der Waals surface area contributed by atoms with Gasteiger partial charge in [-0.3, -0.25) is 9.59 Å². The lowest BCUT2D eigenvalue weighted by Gasteiger charge is -2.32. The topological polar surface area (TPSA) is 106 Å². The second-order valence-electron chi connectivity index (χ2n) is 7.25. The second kappa shape index (κ2) is 8.11. The molecule has 29 heavy (non-hydrogen) atoms. The molecule has 0 saturated carbocycles. The van der Waals surface area contributed by atoms with Gasteiger partial charge in [0.1, 0.15) is 4.90 Å². The third kappa shape index (κ3) is 4.13. The minimum atomic E-state index is -3.66. The lowest BCUT2D eigenvalue weighted by Crippen LogP contribution is -2.44. The van der Waals surface area contributed by atoms with Crippen molar-refractivity contribution in [2.45, 2.75) is 17.7 Å². The number of ether oxygens (including phenoxy) is 2. The van der Waals surface area contributed by atoms with E-state index in [-0.39, 0.29) is 29.3 Å². The number of morpholine rings is 1. The van der Waals surface area contributed by atoms with Gasteiger partial charge in [0, 0.05) is 31.7 Å². The molecule has 3 heterocycles. The fourth-order valence-electron chi connectivity index (χ4n) is 3.80. The first kappa shape index (κ1) is 19.8. The number of rotatable bonds is 3. The van der Waals surface area contributed by atoms with Crippen LogP contribution in [0.25, 0.3) is 0 Å². The lowest BCUT2D eigenvalue weighted by atomic mass is 9.96. The van der Waals surface area contributed by atoms with E-state index < -0.39 is 10.0 Å². The van der Waals surface area contributed by atoms with Gasteiger partial charge in [-0.1, -0.05) is 12.1 Å². The van der Waals surface area contributed by atoms with Crippen molar-refractivity contribution >= 4 is 27.7 Å². The van der Waals surface area contributed by atoms with E-state index in [0.29, 0.717) is 63.6 Å². The Morgan fingerprint density at radius 2 is 1.79 bits per heavy atom.